The molecule has 1 rings (SSSR count). The number of carbonyl (C=O) groups excluding carboxylic acids is 1. The van der Waals surface area contributed by atoms with Crippen molar-refractivity contribution in [3.05, 3.63) is 11.8 Å². The third-order valence-electron chi connectivity index (χ3n) is 4.51. The van der Waals surface area contributed by atoms with Crippen LogP contribution in [0.5, 0.6) is 0 Å². The number of nitrogens with one attached hydrogen (secondary N) is 1. The van der Waals surface area contributed by atoms with E-state index in [0.717, 1.165) is 39.0 Å². The van der Waals surface area contributed by atoms with Crippen LogP contribution in [0.2, 0.25) is 0 Å². The lowest BCUT2D eigenvalue weighted by Crippen LogP contribution is -2.39. The van der Waals surface area contributed by atoms with E-state index < -0.39 is 0 Å². The summed E-state index contributed by atoms with van der Waals surface area (Å²) in [6.07, 6.45) is 7.29. The average molecular weight is 306 g/mol. The summed E-state index contributed by atoms with van der Waals surface area (Å²) in [6.45, 7) is 7.93. The third kappa shape index (κ3) is 5.69. The van der Waals surface area contributed by atoms with Crippen LogP contribution >= 0.6 is 0 Å². The van der Waals surface area contributed by atoms with Gasteiger partial charge in [0.2, 0.25) is 0 Å². The van der Waals surface area contributed by atoms with Gasteiger partial charge in [0, 0.05) is 32.4 Å². The summed E-state index contributed by atoms with van der Waals surface area (Å²) in [6, 6.07) is 2.32. The minimum Gasteiger partial charge on any atom is -0.388 e. The topological polar surface area (TPSA) is 59.4 Å². The number of rotatable bonds is 8. The summed E-state index contributed by atoms with van der Waals surface area (Å²) in [7, 11) is 1.82. The maximum Gasteiger partial charge on any atom is 0.265 e. The van der Waals surface area contributed by atoms with Gasteiger partial charge in [0.15, 0.2) is 0 Å². The number of carbonyl (C=O) groups is 1. The fourth-order valence-corrected chi connectivity index (χ4v) is 2.90. The first-order chi connectivity index (χ1) is 10.6. The Morgan fingerprint density at radius 1 is 1.27 bits per heavy atom. The molecule has 0 heterocycles. The van der Waals surface area contributed by atoms with E-state index in [1.54, 1.807) is 11.1 Å². The van der Waals surface area contributed by atoms with Crippen LogP contribution in [0.4, 0.5) is 0 Å². The van der Waals surface area contributed by atoms with E-state index in [1.807, 2.05) is 13.1 Å². The molecule has 5 heteroatoms. The Bertz CT molecular complexity index is 403. The Morgan fingerprint density at radius 3 is 2.45 bits per heavy atom. The Morgan fingerprint density at radius 2 is 1.91 bits per heavy atom. The molecule has 5 nitrogen and oxygen atoms in total. The van der Waals surface area contributed by atoms with Crippen molar-refractivity contribution in [1.82, 2.24) is 15.1 Å². The van der Waals surface area contributed by atoms with E-state index in [2.05, 4.69) is 24.1 Å². The lowest BCUT2D eigenvalue weighted by Gasteiger charge is -2.31. The van der Waals surface area contributed by atoms with Gasteiger partial charge in [-0.3, -0.25) is 4.79 Å². The first-order valence-corrected chi connectivity index (χ1v) is 8.47. The number of hydrogen-bond acceptors (Lipinski definition) is 4. The van der Waals surface area contributed by atoms with Crippen molar-refractivity contribution >= 4 is 5.91 Å². The average Bonchev–Trinajstić information content (AvgIpc) is 2.58. The highest BCUT2D eigenvalue weighted by molar-refractivity contribution is 5.97. The van der Waals surface area contributed by atoms with Gasteiger partial charge in [-0.25, -0.2) is 0 Å². The molecule has 0 saturated heterocycles. The molecule has 0 aromatic rings. The number of likely N-dealkylation sites (N-methyl/N-ethyl adjacent to an activating group) is 2. The Balaban J connectivity index is 2.49. The van der Waals surface area contributed by atoms with Gasteiger partial charge in [-0.1, -0.05) is 33.1 Å². The smallest absolute Gasteiger partial charge is 0.265 e. The molecule has 0 atom stereocenters. The zero-order chi connectivity index (χ0) is 16.4. The second-order valence-corrected chi connectivity index (χ2v) is 5.86. The molecule has 1 N–H and O–H groups in total. The number of amides is 1. The molecule has 1 fully saturated rings. The van der Waals surface area contributed by atoms with Gasteiger partial charge >= 0.3 is 0 Å². The van der Waals surface area contributed by atoms with Gasteiger partial charge < -0.3 is 15.1 Å². The second kappa shape index (κ2) is 10.2. The van der Waals surface area contributed by atoms with Crippen molar-refractivity contribution < 1.29 is 4.79 Å². The van der Waals surface area contributed by atoms with Crippen molar-refractivity contribution in [2.45, 2.75) is 52.0 Å². The highest BCUT2D eigenvalue weighted by atomic mass is 16.2. The van der Waals surface area contributed by atoms with Crippen molar-refractivity contribution in [2.24, 2.45) is 0 Å². The van der Waals surface area contributed by atoms with Gasteiger partial charge in [0.1, 0.15) is 11.6 Å². The van der Waals surface area contributed by atoms with Crippen LogP contribution in [-0.2, 0) is 4.79 Å². The van der Waals surface area contributed by atoms with Gasteiger partial charge in [0.25, 0.3) is 5.91 Å². The maximum atomic E-state index is 12.4. The van der Waals surface area contributed by atoms with E-state index in [4.69, 9.17) is 0 Å². The van der Waals surface area contributed by atoms with Gasteiger partial charge in [-0.05, 0) is 25.9 Å². The minimum atomic E-state index is -0.162. The molecule has 0 radical (unpaired) electrons. The normalized spacial score (nSPS) is 16.4. The Hall–Kier alpha value is -1.54. The van der Waals surface area contributed by atoms with Crippen LogP contribution in [0, 0.1) is 11.3 Å². The van der Waals surface area contributed by atoms with E-state index in [0.29, 0.717) is 0 Å². The standard InChI is InChI=1S/C17H30N4O/c1-4-21(5-2)12-11-19-14-15(13-18)17(22)20(3)16-9-7-6-8-10-16/h14,16,19H,4-12H2,1-3H3/b15-14-. The molecule has 0 spiro atoms. The first-order valence-electron chi connectivity index (χ1n) is 8.47. The molecule has 124 valence electrons. The molecule has 22 heavy (non-hydrogen) atoms. The second-order valence-electron chi connectivity index (χ2n) is 5.86. The van der Waals surface area contributed by atoms with Crippen molar-refractivity contribution in [3.8, 4) is 6.07 Å². The fourth-order valence-electron chi connectivity index (χ4n) is 2.90. The minimum absolute atomic E-state index is 0.162. The van der Waals surface area contributed by atoms with E-state index in [9.17, 15) is 10.1 Å². The summed E-state index contributed by atoms with van der Waals surface area (Å²) < 4.78 is 0. The monoisotopic (exact) mass is 306 g/mol. The molecular formula is C17H30N4O. The largest absolute Gasteiger partial charge is 0.388 e. The quantitative estimate of drug-likeness (QED) is 0.424. The van der Waals surface area contributed by atoms with E-state index >= 15 is 0 Å². The zero-order valence-electron chi connectivity index (χ0n) is 14.3. The maximum absolute atomic E-state index is 12.4. The van der Waals surface area contributed by atoms with Crippen LogP contribution in [-0.4, -0.2) is 55.0 Å². The molecule has 1 amide bonds. The molecule has 0 aromatic carbocycles. The Kier molecular flexibility index (Phi) is 8.61. The van der Waals surface area contributed by atoms with Crippen LogP contribution in [0.1, 0.15) is 46.0 Å². The molecule has 1 saturated carbocycles. The van der Waals surface area contributed by atoms with E-state index in [-0.39, 0.29) is 17.5 Å². The number of nitrogens with zero attached hydrogens (tertiary/aromatic N) is 3. The van der Waals surface area contributed by atoms with Gasteiger partial charge in [-0.2, -0.15) is 5.26 Å². The summed E-state index contributed by atoms with van der Waals surface area (Å²) >= 11 is 0. The molecule has 1 aliphatic carbocycles. The number of nitriles is 1. The fraction of sp³-hybridized carbons (Fsp3) is 0.765. The zero-order valence-corrected chi connectivity index (χ0v) is 14.3. The third-order valence-corrected chi connectivity index (χ3v) is 4.51. The van der Waals surface area contributed by atoms with Crippen LogP contribution in [0.25, 0.3) is 0 Å². The van der Waals surface area contributed by atoms with Crippen molar-refractivity contribution in [1.29, 1.82) is 5.26 Å². The van der Waals surface area contributed by atoms with Crippen LogP contribution in [0.15, 0.2) is 11.8 Å². The van der Waals surface area contributed by atoms with Crippen molar-refractivity contribution in [3.63, 3.8) is 0 Å². The van der Waals surface area contributed by atoms with E-state index in [1.165, 1.54) is 19.3 Å². The molecule has 0 unspecified atom stereocenters. The molecule has 0 aliphatic heterocycles. The summed E-state index contributed by atoms with van der Waals surface area (Å²) in [5.41, 5.74) is 0.202. The number of hydrogen-bond donors (Lipinski definition) is 1. The summed E-state index contributed by atoms with van der Waals surface area (Å²) in [5.74, 6) is -0.162. The van der Waals surface area contributed by atoms with Gasteiger partial charge in [0.05, 0.1) is 0 Å². The summed E-state index contributed by atoms with van der Waals surface area (Å²) in [5, 5.41) is 12.3. The van der Waals surface area contributed by atoms with Crippen LogP contribution in [0.3, 0.4) is 0 Å². The predicted molar refractivity (Wildman–Crippen MR) is 89.1 cm³/mol. The first kappa shape index (κ1) is 18.5. The lowest BCUT2D eigenvalue weighted by atomic mass is 9.94. The highest BCUT2D eigenvalue weighted by Crippen LogP contribution is 2.22. The molecular weight excluding hydrogens is 276 g/mol. The predicted octanol–water partition coefficient (Wildman–Crippen LogP) is 2.12. The molecule has 0 bridgehead atoms. The SMILES string of the molecule is CCN(CC)CCN/C=C(/C#N)C(=O)N(C)C1CCCCC1. The van der Waals surface area contributed by atoms with Gasteiger partial charge in [-0.15, -0.1) is 0 Å². The lowest BCUT2D eigenvalue weighted by molar-refractivity contribution is -0.128. The summed E-state index contributed by atoms with van der Waals surface area (Å²) in [4.78, 5) is 16.4. The van der Waals surface area contributed by atoms with Crippen LogP contribution < -0.4 is 5.32 Å². The Labute approximate surface area is 135 Å². The van der Waals surface area contributed by atoms with Crippen molar-refractivity contribution in [2.75, 3.05) is 33.2 Å². The molecule has 0 aromatic heterocycles. The molecule has 1 aliphatic rings. The highest BCUT2D eigenvalue weighted by Gasteiger charge is 2.24.